The average Bonchev–Trinajstić information content (AvgIpc) is 3.61. The van der Waals surface area contributed by atoms with Crippen LogP contribution in [0.4, 0.5) is 17.1 Å². The third-order valence-corrected chi connectivity index (χ3v) is 11.4. The minimum atomic E-state index is 1.11. The Labute approximate surface area is 307 Å². The predicted molar refractivity (Wildman–Crippen MR) is 225 cm³/mol. The van der Waals surface area contributed by atoms with E-state index in [9.17, 15) is 0 Å². The van der Waals surface area contributed by atoms with Gasteiger partial charge in [0.1, 0.15) is 0 Å². The van der Waals surface area contributed by atoms with Gasteiger partial charge in [0.25, 0.3) is 0 Å². The van der Waals surface area contributed by atoms with Gasteiger partial charge in [-0.2, -0.15) is 0 Å². The lowest BCUT2D eigenvalue weighted by atomic mass is 9.94. The lowest BCUT2D eigenvalue weighted by Gasteiger charge is -2.26. The quantitative estimate of drug-likeness (QED) is 0.158. The summed E-state index contributed by atoms with van der Waals surface area (Å²) in [6, 6.07) is 72.8. The largest absolute Gasteiger partial charge is 0.311 e. The molecule has 0 bridgehead atoms. The first-order valence-electron chi connectivity index (χ1n) is 17.8. The molecule has 0 amide bonds. The topological polar surface area (TPSA) is 3.24 Å². The highest BCUT2D eigenvalue weighted by atomic mass is 32.1. The molecule has 9 aromatic carbocycles. The Morgan fingerprint density at radius 1 is 0.288 bits per heavy atom. The van der Waals surface area contributed by atoms with Crippen molar-refractivity contribution in [3.8, 4) is 33.4 Å². The van der Waals surface area contributed by atoms with Crippen LogP contribution in [0.2, 0.25) is 0 Å². The summed E-state index contributed by atoms with van der Waals surface area (Å²) in [6.07, 6.45) is 0. The summed E-state index contributed by atoms with van der Waals surface area (Å²) in [6.45, 7) is 0. The molecule has 10 aromatic rings. The SMILES string of the molecule is c1ccc(-c2ccc(N(c3ccc(-c4ccccc4)cc3)c3ccc(-c4ccc5ccc6ccc7sc8ccccc8c7c6c5c4)cc3)cc2)cc1. The van der Waals surface area contributed by atoms with Gasteiger partial charge in [0.15, 0.2) is 0 Å². The summed E-state index contributed by atoms with van der Waals surface area (Å²) in [7, 11) is 0. The van der Waals surface area contributed by atoms with Crippen molar-refractivity contribution in [3.63, 3.8) is 0 Å². The van der Waals surface area contributed by atoms with E-state index >= 15 is 0 Å². The Bertz CT molecular complexity index is 2770. The van der Waals surface area contributed by atoms with Gasteiger partial charge >= 0.3 is 0 Å². The second-order valence-electron chi connectivity index (χ2n) is 13.3. The molecular formula is C50H33NS. The lowest BCUT2D eigenvalue weighted by molar-refractivity contribution is 1.28. The Kier molecular flexibility index (Phi) is 7.41. The highest BCUT2D eigenvalue weighted by Crippen LogP contribution is 2.42. The van der Waals surface area contributed by atoms with Gasteiger partial charge in [0.05, 0.1) is 0 Å². The van der Waals surface area contributed by atoms with Gasteiger partial charge in [-0.25, -0.2) is 0 Å². The van der Waals surface area contributed by atoms with Crippen molar-refractivity contribution in [2.75, 3.05) is 4.90 Å². The summed E-state index contributed by atoms with van der Waals surface area (Å²) in [5, 5.41) is 7.89. The third-order valence-electron chi connectivity index (χ3n) is 10.3. The maximum Gasteiger partial charge on any atom is 0.0462 e. The van der Waals surface area contributed by atoms with E-state index in [0.717, 1.165) is 17.1 Å². The van der Waals surface area contributed by atoms with Crippen molar-refractivity contribution in [2.45, 2.75) is 0 Å². The first-order valence-corrected chi connectivity index (χ1v) is 18.6. The number of fused-ring (bicyclic) bond motifs is 7. The molecule has 1 heterocycles. The molecule has 0 spiro atoms. The molecule has 0 saturated carbocycles. The Hall–Kier alpha value is -6.48. The van der Waals surface area contributed by atoms with Gasteiger partial charge in [-0.05, 0) is 110 Å². The monoisotopic (exact) mass is 679 g/mol. The van der Waals surface area contributed by atoms with Crippen molar-refractivity contribution >= 4 is 70.1 Å². The van der Waals surface area contributed by atoms with E-state index < -0.39 is 0 Å². The van der Waals surface area contributed by atoms with Crippen LogP contribution in [-0.2, 0) is 0 Å². The number of rotatable bonds is 6. The second kappa shape index (κ2) is 12.7. The summed E-state index contributed by atoms with van der Waals surface area (Å²) in [5.74, 6) is 0. The van der Waals surface area contributed by atoms with Crippen LogP contribution >= 0.6 is 11.3 Å². The first kappa shape index (κ1) is 30.4. The summed E-state index contributed by atoms with van der Waals surface area (Å²) in [4.78, 5) is 2.35. The van der Waals surface area contributed by atoms with Crippen LogP contribution in [0.3, 0.4) is 0 Å². The van der Waals surface area contributed by atoms with Crippen LogP contribution in [0.25, 0.3) is 75.1 Å². The number of hydrogen-bond donors (Lipinski definition) is 0. The highest BCUT2D eigenvalue weighted by Gasteiger charge is 2.15. The molecule has 0 atom stereocenters. The standard InChI is InChI=1S/C50H33NS/c1-3-9-34(10-4-1)36-19-26-42(27-20-36)51(43-28-21-37(22-29-43)35-11-5-2-6-12-35)44-30-23-38(24-31-44)41-18-16-39-15-17-40-25-32-48-50(49(40)46(39)33-41)45-13-7-8-14-47(45)52-48/h1-33H. The minimum Gasteiger partial charge on any atom is -0.311 e. The minimum absolute atomic E-state index is 1.11. The van der Waals surface area contributed by atoms with Crippen LogP contribution in [-0.4, -0.2) is 0 Å². The van der Waals surface area contributed by atoms with E-state index in [1.807, 2.05) is 11.3 Å². The molecular weight excluding hydrogens is 647 g/mol. The number of anilines is 3. The maximum atomic E-state index is 2.39. The molecule has 0 aliphatic carbocycles. The van der Waals surface area contributed by atoms with Crippen LogP contribution < -0.4 is 4.90 Å². The number of nitrogens with zero attached hydrogens (tertiary/aromatic N) is 1. The molecule has 0 saturated heterocycles. The molecule has 0 aliphatic rings. The summed E-state index contributed by atoms with van der Waals surface area (Å²) >= 11 is 1.88. The van der Waals surface area contributed by atoms with Crippen molar-refractivity contribution in [1.82, 2.24) is 0 Å². The number of hydrogen-bond acceptors (Lipinski definition) is 2. The van der Waals surface area contributed by atoms with E-state index in [-0.39, 0.29) is 0 Å². The van der Waals surface area contributed by atoms with Crippen molar-refractivity contribution < 1.29 is 0 Å². The van der Waals surface area contributed by atoms with Gasteiger partial charge in [-0.1, -0.05) is 146 Å². The van der Waals surface area contributed by atoms with E-state index in [1.54, 1.807) is 0 Å². The van der Waals surface area contributed by atoms with E-state index in [1.165, 1.54) is 75.1 Å². The van der Waals surface area contributed by atoms with Gasteiger partial charge in [0, 0.05) is 37.2 Å². The molecule has 0 unspecified atom stereocenters. The van der Waals surface area contributed by atoms with E-state index in [4.69, 9.17) is 0 Å². The summed E-state index contributed by atoms with van der Waals surface area (Å²) < 4.78 is 2.67. The van der Waals surface area contributed by atoms with E-state index in [0.29, 0.717) is 0 Å². The predicted octanol–water partition coefficient (Wildman–Crippen LogP) is 14.8. The number of thiophene rings is 1. The fraction of sp³-hybridized carbons (Fsp3) is 0. The lowest BCUT2D eigenvalue weighted by Crippen LogP contribution is -2.09. The molecule has 1 nitrogen and oxygen atoms in total. The molecule has 1 aromatic heterocycles. The van der Waals surface area contributed by atoms with Crippen LogP contribution in [0.1, 0.15) is 0 Å². The highest BCUT2D eigenvalue weighted by molar-refractivity contribution is 7.26. The third kappa shape index (κ3) is 5.33. The zero-order valence-corrected chi connectivity index (χ0v) is 29.2. The van der Waals surface area contributed by atoms with Crippen LogP contribution in [0.5, 0.6) is 0 Å². The van der Waals surface area contributed by atoms with Crippen molar-refractivity contribution in [2.24, 2.45) is 0 Å². The molecule has 2 heteroatoms. The van der Waals surface area contributed by atoms with Gasteiger partial charge in [0.2, 0.25) is 0 Å². The molecule has 0 N–H and O–H groups in total. The Morgan fingerprint density at radius 2 is 0.731 bits per heavy atom. The summed E-state index contributed by atoms with van der Waals surface area (Å²) in [5.41, 5.74) is 10.6. The van der Waals surface area contributed by atoms with Crippen molar-refractivity contribution in [3.05, 3.63) is 200 Å². The first-order chi connectivity index (χ1) is 25.8. The zero-order chi connectivity index (χ0) is 34.4. The smallest absolute Gasteiger partial charge is 0.0462 e. The second-order valence-corrected chi connectivity index (χ2v) is 14.4. The number of benzene rings is 9. The van der Waals surface area contributed by atoms with Crippen LogP contribution in [0, 0.1) is 0 Å². The fourth-order valence-electron chi connectivity index (χ4n) is 7.66. The maximum absolute atomic E-state index is 2.39. The molecule has 10 rings (SSSR count). The van der Waals surface area contributed by atoms with Crippen LogP contribution in [0.15, 0.2) is 200 Å². The molecule has 0 radical (unpaired) electrons. The fourth-order valence-corrected chi connectivity index (χ4v) is 8.77. The van der Waals surface area contributed by atoms with Gasteiger partial charge in [-0.15, -0.1) is 11.3 Å². The average molecular weight is 680 g/mol. The molecule has 52 heavy (non-hydrogen) atoms. The zero-order valence-electron chi connectivity index (χ0n) is 28.4. The Morgan fingerprint density at radius 3 is 1.33 bits per heavy atom. The molecule has 0 aliphatic heterocycles. The Balaban J connectivity index is 1.06. The molecule has 0 fully saturated rings. The van der Waals surface area contributed by atoms with Gasteiger partial charge < -0.3 is 4.90 Å². The normalized spacial score (nSPS) is 11.5. The van der Waals surface area contributed by atoms with Gasteiger partial charge in [-0.3, -0.25) is 0 Å². The molecule has 244 valence electrons. The van der Waals surface area contributed by atoms with Crippen molar-refractivity contribution in [1.29, 1.82) is 0 Å². The van der Waals surface area contributed by atoms with E-state index in [2.05, 4.69) is 205 Å².